The van der Waals surface area contributed by atoms with Crippen LogP contribution in [0.25, 0.3) is 10.9 Å². The number of alkyl halides is 3. The molecule has 1 aliphatic heterocycles. The summed E-state index contributed by atoms with van der Waals surface area (Å²) in [6, 6.07) is 2.79. The van der Waals surface area contributed by atoms with E-state index in [9.17, 15) is 21.6 Å². The highest BCUT2D eigenvalue weighted by molar-refractivity contribution is 7.89. The van der Waals surface area contributed by atoms with Gasteiger partial charge in [-0.05, 0) is 44.2 Å². The van der Waals surface area contributed by atoms with Crippen LogP contribution >= 0.6 is 0 Å². The molecule has 5 nitrogen and oxygen atoms in total. The second-order valence-electron chi connectivity index (χ2n) is 7.11. The number of aromatic amines is 1. The third-order valence-electron chi connectivity index (χ3n) is 5.34. The van der Waals surface area contributed by atoms with E-state index in [1.165, 1.54) is 12.3 Å². The summed E-state index contributed by atoms with van der Waals surface area (Å²) < 4.78 is 72.5. The zero-order valence-electron chi connectivity index (χ0n) is 13.9. The molecule has 2 aliphatic rings. The van der Waals surface area contributed by atoms with Gasteiger partial charge < -0.3 is 9.72 Å². The molecule has 4 rings (SSSR count). The maximum atomic E-state index is 12.8. The van der Waals surface area contributed by atoms with Gasteiger partial charge in [0.25, 0.3) is 0 Å². The molecule has 0 amide bonds. The molecule has 2 heterocycles. The minimum absolute atomic E-state index is 0.0321. The van der Waals surface area contributed by atoms with Crippen molar-refractivity contribution in [1.82, 2.24) is 9.71 Å². The Labute approximate surface area is 149 Å². The summed E-state index contributed by atoms with van der Waals surface area (Å²) in [5, 5.41) is 0.246. The van der Waals surface area contributed by atoms with Crippen LogP contribution in [0.2, 0.25) is 0 Å². The molecule has 142 valence electrons. The summed E-state index contributed by atoms with van der Waals surface area (Å²) in [5.41, 5.74) is -0.879. The number of aromatic nitrogens is 1. The van der Waals surface area contributed by atoms with E-state index in [1.807, 2.05) is 0 Å². The van der Waals surface area contributed by atoms with E-state index < -0.39 is 21.8 Å². The Bertz CT molecular complexity index is 932. The lowest BCUT2D eigenvalue weighted by atomic mass is 9.74. The number of H-pyrrole nitrogens is 1. The lowest BCUT2D eigenvalue weighted by molar-refractivity contribution is -0.137. The van der Waals surface area contributed by atoms with Crippen molar-refractivity contribution in [2.24, 2.45) is 0 Å². The Kier molecular flexibility index (Phi) is 4.09. The minimum atomic E-state index is -4.48. The van der Waals surface area contributed by atoms with Crippen LogP contribution in [-0.2, 0) is 20.9 Å². The van der Waals surface area contributed by atoms with Crippen LogP contribution in [0.15, 0.2) is 29.3 Å². The standard InChI is InChI=1S/C17H19F3N2O3S/c18-17(19,20)11-2-3-13-14(8-11)21-10-15(13)26(23,24)22-12-4-7-25-16(9-12)5-1-6-16/h2-3,8,10,12,21-22H,1,4-7,9H2. The fourth-order valence-corrected chi connectivity index (χ4v) is 5.28. The van der Waals surface area contributed by atoms with Crippen LogP contribution in [0, 0.1) is 0 Å². The summed E-state index contributed by atoms with van der Waals surface area (Å²) in [5.74, 6) is 0. The molecule has 1 saturated heterocycles. The highest BCUT2D eigenvalue weighted by atomic mass is 32.2. The van der Waals surface area contributed by atoms with E-state index in [-0.39, 0.29) is 27.4 Å². The van der Waals surface area contributed by atoms with Crippen molar-refractivity contribution in [2.75, 3.05) is 6.61 Å². The normalized spacial score (nSPS) is 23.3. The largest absolute Gasteiger partial charge is 0.416 e. The highest BCUT2D eigenvalue weighted by Gasteiger charge is 2.43. The predicted molar refractivity (Wildman–Crippen MR) is 89.2 cm³/mol. The molecule has 1 atom stereocenters. The minimum Gasteiger partial charge on any atom is -0.375 e. The summed E-state index contributed by atoms with van der Waals surface area (Å²) in [4.78, 5) is 2.61. The first kappa shape index (κ1) is 17.8. The summed E-state index contributed by atoms with van der Waals surface area (Å²) in [7, 11) is -3.84. The van der Waals surface area contributed by atoms with Crippen LogP contribution < -0.4 is 4.72 Å². The molecule has 1 unspecified atom stereocenters. The smallest absolute Gasteiger partial charge is 0.375 e. The quantitative estimate of drug-likeness (QED) is 0.845. The molecule has 0 bridgehead atoms. The van der Waals surface area contributed by atoms with Crippen molar-refractivity contribution in [3.63, 3.8) is 0 Å². The molecule has 2 N–H and O–H groups in total. The van der Waals surface area contributed by atoms with Gasteiger partial charge in [0, 0.05) is 29.7 Å². The van der Waals surface area contributed by atoms with Crippen LogP contribution in [0.4, 0.5) is 13.2 Å². The maximum absolute atomic E-state index is 12.8. The van der Waals surface area contributed by atoms with Crippen molar-refractivity contribution < 1.29 is 26.3 Å². The fraction of sp³-hybridized carbons (Fsp3) is 0.529. The van der Waals surface area contributed by atoms with Gasteiger partial charge >= 0.3 is 6.18 Å². The van der Waals surface area contributed by atoms with Gasteiger partial charge in [-0.15, -0.1) is 0 Å². The van der Waals surface area contributed by atoms with Crippen LogP contribution in [-0.4, -0.2) is 31.7 Å². The van der Waals surface area contributed by atoms with Crippen molar-refractivity contribution >= 4 is 20.9 Å². The Morgan fingerprint density at radius 1 is 1.27 bits per heavy atom. The average molecular weight is 388 g/mol. The number of nitrogens with one attached hydrogen (secondary N) is 2. The molecule has 2 aromatic rings. The van der Waals surface area contributed by atoms with Crippen molar-refractivity contribution in [2.45, 2.75) is 54.8 Å². The topological polar surface area (TPSA) is 71.2 Å². The summed E-state index contributed by atoms with van der Waals surface area (Å²) >= 11 is 0. The van der Waals surface area contributed by atoms with Gasteiger partial charge in [0.05, 0.1) is 11.2 Å². The number of hydrogen-bond acceptors (Lipinski definition) is 3. The molecule has 26 heavy (non-hydrogen) atoms. The van der Waals surface area contributed by atoms with Gasteiger partial charge in [-0.3, -0.25) is 0 Å². The first-order valence-corrected chi connectivity index (χ1v) is 10.0. The Hall–Kier alpha value is -1.58. The molecule has 1 saturated carbocycles. The Morgan fingerprint density at radius 2 is 2.04 bits per heavy atom. The average Bonchev–Trinajstić information content (AvgIpc) is 2.96. The maximum Gasteiger partial charge on any atom is 0.416 e. The van der Waals surface area contributed by atoms with E-state index in [2.05, 4.69) is 9.71 Å². The van der Waals surface area contributed by atoms with Crippen LogP contribution in [0.5, 0.6) is 0 Å². The highest BCUT2D eigenvalue weighted by Crippen LogP contribution is 2.42. The molecule has 1 aliphatic carbocycles. The molecule has 0 radical (unpaired) electrons. The number of halogens is 3. The van der Waals surface area contributed by atoms with Gasteiger partial charge in [-0.25, -0.2) is 13.1 Å². The number of ether oxygens (including phenoxy) is 1. The monoisotopic (exact) mass is 388 g/mol. The predicted octanol–water partition coefficient (Wildman–Crippen LogP) is 3.57. The first-order valence-electron chi connectivity index (χ1n) is 8.53. The zero-order chi connectivity index (χ0) is 18.6. The van der Waals surface area contributed by atoms with Crippen LogP contribution in [0.3, 0.4) is 0 Å². The molecular formula is C17H19F3N2O3S. The molecule has 2 fully saturated rings. The molecule has 1 aromatic carbocycles. The van der Waals surface area contributed by atoms with Gasteiger partial charge in [0.2, 0.25) is 10.0 Å². The Morgan fingerprint density at radius 3 is 2.69 bits per heavy atom. The third-order valence-corrected chi connectivity index (χ3v) is 6.90. The lowest BCUT2D eigenvalue weighted by Crippen LogP contribution is -2.51. The second-order valence-corrected chi connectivity index (χ2v) is 8.79. The van der Waals surface area contributed by atoms with E-state index in [1.54, 1.807) is 0 Å². The molecule has 1 aromatic heterocycles. The van der Waals surface area contributed by atoms with E-state index in [4.69, 9.17) is 4.74 Å². The van der Waals surface area contributed by atoms with E-state index in [0.717, 1.165) is 31.4 Å². The summed E-state index contributed by atoms with van der Waals surface area (Å²) in [6.07, 6.45) is 0.955. The number of benzene rings is 1. The third kappa shape index (κ3) is 3.12. The SMILES string of the molecule is O=S(=O)(NC1CCOC2(CCC2)C1)c1c[nH]c2cc(C(F)(F)F)ccc12. The van der Waals surface area contributed by atoms with Gasteiger partial charge in [0.1, 0.15) is 4.90 Å². The van der Waals surface area contributed by atoms with Crippen LogP contribution in [0.1, 0.15) is 37.7 Å². The number of fused-ring (bicyclic) bond motifs is 1. The second kappa shape index (κ2) is 5.97. The number of rotatable bonds is 3. The molecule has 9 heteroatoms. The van der Waals surface area contributed by atoms with E-state index >= 15 is 0 Å². The molecular weight excluding hydrogens is 369 g/mol. The first-order chi connectivity index (χ1) is 12.2. The lowest BCUT2D eigenvalue weighted by Gasteiger charge is -2.47. The van der Waals surface area contributed by atoms with Gasteiger partial charge in [0.15, 0.2) is 0 Å². The van der Waals surface area contributed by atoms with Crippen molar-refractivity contribution in [1.29, 1.82) is 0 Å². The van der Waals surface area contributed by atoms with Gasteiger partial charge in [-0.2, -0.15) is 13.2 Å². The fourth-order valence-electron chi connectivity index (χ4n) is 3.83. The van der Waals surface area contributed by atoms with E-state index in [0.29, 0.717) is 19.4 Å². The van der Waals surface area contributed by atoms with Crippen molar-refractivity contribution in [3.05, 3.63) is 30.0 Å². The zero-order valence-corrected chi connectivity index (χ0v) is 14.7. The number of sulfonamides is 1. The Balaban J connectivity index is 1.59. The summed E-state index contributed by atoms with van der Waals surface area (Å²) in [6.45, 7) is 0.510. The molecule has 1 spiro atoms. The van der Waals surface area contributed by atoms with Gasteiger partial charge in [-0.1, -0.05) is 6.07 Å². The van der Waals surface area contributed by atoms with Crippen molar-refractivity contribution in [3.8, 4) is 0 Å². The number of hydrogen-bond donors (Lipinski definition) is 2.